The average molecular weight is 299 g/mol. The molecule has 1 amide bonds. The number of carboxylic acid groups (broad SMARTS) is 1. The average Bonchev–Trinajstić information content (AvgIpc) is 2.90. The van der Waals surface area contributed by atoms with Crippen molar-refractivity contribution in [2.75, 3.05) is 0 Å². The van der Waals surface area contributed by atoms with Gasteiger partial charge >= 0.3 is 5.97 Å². The Morgan fingerprint density at radius 2 is 1.77 bits per heavy atom. The Kier molecular flexibility index (Phi) is 3.63. The zero-order valence-electron chi connectivity index (χ0n) is 11.7. The molecule has 1 aliphatic carbocycles. The minimum absolute atomic E-state index is 0.210. The molecule has 2 aromatic carbocycles. The molecule has 0 radical (unpaired) electrons. The maximum atomic E-state index is 12.9. The van der Waals surface area contributed by atoms with Gasteiger partial charge in [0.15, 0.2) is 0 Å². The molecule has 112 valence electrons. The molecule has 4 nitrogen and oxygen atoms in total. The standard InChI is InChI=1S/C17H14FNO3/c18-13-6-3-11(4-7-13)16(20)19-15-8-5-10-1-2-12(17(21)22)9-14(10)15/h1-4,6-7,9,15H,5,8H2,(H,19,20)(H,21,22). The van der Waals surface area contributed by atoms with Gasteiger partial charge in [0.05, 0.1) is 11.6 Å². The number of nitrogens with one attached hydrogen (secondary N) is 1. The van der Waals surface area contributed by atoms with Gasteiger partial charge in [0.2, 0.25) is 0 Å². The third kappa shape index (κ3) is 2.70. The van der Waals surface area contributed by atoms with Crippen molar-refractivity contribution in [2.45, 2.75) is 18.9 Å². The molecule has 2 aromatic rings. The highest BCUT2D eigenvalue weighted by atomic mass is 19.1. The van der Waals surface area contributed by atoms with Gasteiger partial charge in [0.1, 0.15) is 5.82 Å². The summed E-state index contributed by atoms with van der Waals surface area (Å²) in [6, 6.07) is 10.1. The molecule has 0 saturated carbocycles. The molecule has 0 aromatic heterocycles. The van der Waals surface area contributed by atoms with Crippen LogP contribution in [0.5, 0.6) is 0 Å². The minimum Gasteiger partial charge on any atom is -0.478 e. The second kappa shape index (κ2) is 5.60. The Morgan fingerprint density at radius 3 is 2.45 bits per heavy atom. The summed E-state index contributed by atoms with van der Waals surface area (Å²) in [7, 11) is 0. The molecule has 0 heterocycles. The summed E-state index contributed by atoms with van der Waals surface area (Å²) in [6.45, 7) is 0. The molecule has 1 unspecified atom stereocenters. The van der Waals surface area contributed by atoms with E-state index < -0.39 is 11.8 Å². The summed E-state index contributed by atoms with van der Waals surface area (Å²) in [6.07, 6.45) is 1.52. The van der Waals surface area contributed by atoms with Crippen LogP contribution in [-0.2, 0) is 6.42 Å². The fourth-order valence-electron chi connectivity index (χ4n) is 2.73. The van der Waals surface area contributed by atoms with E-state index in [1.165, 1.54) is 24.3 Å². The molecule has 3 rings (SSSR count). The van der Waals surface area contributed by atoms with E-state index in [1.54, 1.807) is 18.2 Å². The molecule has 1 aliphatic rings. The van der Waals surface area contributed by atoms with Crippen LogP contribution in [0.15, 0.2) is 42.5 Å². The summed E-state index contributed by atoms with van der Waals surface area (Å²) >= 11 is 0. The highest BCUT2D eigenvalue weighted by Gasteiger charge is 2.25. The number of aryl methyl sites for hydroxylation is 1. The quantitative estimate of drug-likeness (QED) is 0.915. The Balaban J connectivity index is 1.81. The zero-order valence-corrected chi connectivity index (χ0v) is 11.7. The van der Waals surface area contributed by atoms with E-state index >= 15 is 0 Å². The van der Waals surface area contributed by atoms with E-state index in [-0.39, 0.29) is 17.5 Å². The number of carboxylic acids is 1. The summed E-state index contributed by atoms with van der Waals surface area (Å²) < 4.78 is 12.9. The summed E-state index contributed by atoms with van der Waals surface area (Å²) in [5.74, 6) is -1.68. The molecule has 5 heteroatoms. The monoisotopic (exact) mass is 299 g/mol. The van der Waals surface area contributed by atoms with Crippen LogP contribution in [0.3, 0.4) is 0 Å². The van der Waals surface area contributed by atoms with Crippen molar-refractivity contribution < 1.29 is 19.1 Å². The van der Waals surface area contributed by atoms with Gasteiger partial charge in [0, 0.05) is 5.56 Å². The van der Waals surface area contributed by atoms with Crippen molar-refractivity contribution in [3.63, 3.8) is 0 Å². The topological polar surface area (TPSA) is 66.4 Å². The number of carbonyl (C=O) groups is 2. The highest BCUT2D eigenvalue weighted by Crippen LogP contribution is 2.32. The van der Waals surface area contributed by atoms with Crippen LogP contribution >= 0.6 is 0 Å². The Bertz CT molecular complexity index is 740. The predicted octanol–water partition coefficient (Wildman–Crippen LogP) is 2.94. The molecular weight excluding hydrogens is 285 g/mol. The summed E-state index contributed by atoms with van der Waals surface area (Å²) in [4.78, 5) is 23.3. The maximum absolute atomic E-state index is 12.9. The molecule has 0 spiro atoms. The number of aromatic carboxylic acids is 1. The lowest BCUT2D eigenvalue weighted by atomic mass is 10.0. The molecule has 0 fully saturated rings. The number of halogens is 1. The van der Waals surface area contributed by atoms with Crippen molar-refractivity contribution in [3.05, 3.63) is 70.5 Å². The first kappa shape index (κ1) is 14.3. The maximum Gasteiger partial charge on any atom is 0.335 e. The largest absolute Gasteiger partial charge is 0.478 e. The fourth-order valence-corrected chi connectivity index (χ4v) is 2.73. The first-order valence-electron chi connectivity index (χ1n) is 6.97. The number of carbonyl (C=O) groups excluding carboxylic acids is 1. The Morgan fingerprint density at radius 1 is 1.09 bits per heavy atom. The number of fused-ring (bicyclic) bond motifs is 1. The summed E-state index contributed by atoms with van der Waals surface area (Å²) in [5.41, 5.74) is 2.48. The lowest BCUT2D eigenvalue weighted by molar-refractivity contribution is 0.0696. The zero-order chi connectivity index (χ0) is 15.7. The van der Waals surface area contributed by atoms with Gasteiger partial charge in [-0.25, -0.2) is 9.18 Å². The second-order valence-electron chi connectivity index (χ2n) is 5.29. The van der Waals surface area contributed by atoms with E-state index in [4.69, 9.17) is 5.11 Å². The van der Waals surface area contributed by atoms with Crippen molar-refractivity contribution in [3.8, 4) is 0 Å². The van der Waals surface area contributed by atoms with Crippen LogP contribution in [0.2, 0.25) is 0 Å². The molecule has 0 saturated heterocycles. The number of rotatable bonds is 3. The molecular formula is C17H14FNO3. The van der Waals surface area contributed by atoms with E-state index in [9.17, 15) is 14.0 Å². The lowest BCUT2D eigenvalue weighted by Gasteiger charge is -2.14. The fraction of sp³-hybridized carbons (Fsp3) is 0.176. The van der Waals surface area contributed by atoms with E-state index in [0.717, 1.165) is 24.0 Å². The van der Waals surface area contributed by atoms with Crippen LogP contribution in [0, 0.1) is 5.82 Å². The summed E-state index contributed by atoms with van der Waals surface area (Å²) in [5, 5.41) is 11.9. The van der Waals surface area contributed by atoms with Gasteiger partial charge in [-0.1, -0.05) is 6.07 Å². The first-order chi connectivity index (χ1) is 10.5. The number of benzene rings is 2. The number of amides is 1. The minimum atomic E-state index is -0.988. The van der Waals surface area contributed by atoms with E-state index in [0.29, 0.717) is 5.56 Å². The van der Waals surface area contributed by atoms with Gasteiger partial charge in [-0.15, -0.1) is 0 Å². The molecule has 0 bridgehead atoms. The van der Waals surface area contributed by atoms with E-state index in [1.807, 2.05) is 0 Å². The van der Waals surface area contributed by atoms with Crippen LogP contribution in [0.25, 0.3) is 0 Å². The van der Waals surface area contributed by atoms with Gasteiger partial charge in [-0.2, -0.15) is 0 Å². The smallest absolute Gasteiger partial charge is 0.335 e. The van der Waals surface area contributed by atoms with Gasteiger partial charge < -0.3 is 10.4 Å². The van der Waals surface area contributed by atoms with Crippen molar-refractivity contribution >= 4 is 11.9 Å². The van der Waals surface area contributed by atoms with Gasteiger partial charge in [-0.3, -0.25) is 4.79 Å². The molecule has 1 atom stereocenters. The normalized spacial score (nSPS) is 16.1. The molecule has 22 heavy (non-hydrogen) atoms. The lowest BCUT2D eigenvalue weighted by Crippen LogP contribution is -2.27. The van der Waals surface area contributed by atoms with Crippen LogP contribution < -0.4 is 5.32 Å². The van der Waals surface area contributed by atoms with E-state index in [2.05, 4.69) is 5.32 Å². The Hall–Kier alpha value is -2.69. The molecule has 2 N–H and O–H groups in total. The van der Waals surface area contributed by atoms with Crippen molar-refractivity contribution in [1.29, 1.82) is 0 Å². The van der Waals surface area contributed by atoms with Crippen LogP contribution in [-0.4, -0.2) is 17.0 Å². The Labute approximate surface area is 126 Å². The van der Waals surface area contributed by atoms with Gasteiger partial charge in [0.25, 0.3) is 5.91 Å². The van der Waals surface area contributed by atoms with Crippen LogP contribution in [0.1, 0.15) is 44.3 Å². The SMILES string of the molecule is O=C(O)c1ccc2c(c1)C(NC(=O)c1ccc(F)cc1)CC2. The number of hydrogen-bond donors (Lipinski definition) is 2. The van der Waals surface area contributed by atoms with Gasteiger partial charge in [-0.05, 0) is 60.4 Å². The third-order valence-corrected chi connectivity index (χ3v) is 3.88. The number of hydrogen-bond acceptors (Lipinski definition) is 2. The predicted molar refractivity (Wildman–Crippen MR) is 78.3 cm³/mol. The molecule has 0 aliphatic heterocycles. The van der Waals surface area contributed by atoms with Crippen molar-refractivity contribution in [1.82, 2.24) is 5.32 Å². The van der Waals surface area contributed by atoms with Crippen molar-refractivity contribution in [2.24, 2.45) is 0 Å². The third-order valence-electron chi connectivity index (χ3n) is 3.88. The second-order valence-corrected chi connectivity index (χ2v) is 5.29. The van der Waals surface area contributed by atoms with Crippen LogP contribution in [0.4, 0.5) is 4.39 Å². The highest BCUT2D eigenvalue weighted by molar-refractivity contribution is 5.94. The first-order valence-corrected chi connectivity index (χ1v) is 6.97.